The molecule has 0 fully saturated rings. The summed E-state index contributed by atoms with van der Waals surface area (Å²) in [7, 11) is -4.14. The minimum absolute atomic E-state index is 0.0667. The smallest absolute Gasteiger partial charge is 0.433 e. The molecule has 0 aliphatic carbocycles. The lowest BCUT2D eigenvalue weighted by Gasteiger charge is -2.12. The monoisotopic (exact) mass is 428 g/mol. The Hall–Kier alpha value is -2.57. The van der Waals surface area contributed by atoms with E-state index in [1.165, 1.54) is 6.92 Å². The van der Waals surface area contributed by atoms with Crippen LogP contribution in [0.15, 0.2) is 29.3 Å². The van der Waals surface area contributed by atoms with E-state index in [-0.39, 0.29) is 10.2 Å². The lowest BCUT2D eigenvalue weighted by atomic mass is 10.2. The molecule has 2 aromatic rings. The van der Waals surface area contributed by atoms with E-state index in [1.807, 2.05) is 0 Å². The Morgan fingerprint density at radius 1 is 1.21 bits per heavy atom. The minimum atomic E-state index is -4.82. The van der Waals surface area contributed by atoms with Gasteiger partial charge < -0.3 is 4.74 Å². The zero-order chi connectivity index (χ0) is 21.3. The number of H-pyrrole nitrogens is 1. The summed E-state index contributed by atoms with van der Waals surface area (Å²) in [6, 6.07) is 2.47. The zero-order valence-electron chi connectivity index (χ0n) is 14.5. The van der Waals surface area contributed by atoms with Crippen molar-refractivity contribution in [2.75, 3.05) is 12.4 Å². The van der Waals surface area contributed by atoms with E-state index < -0.39 is 56.3 Å². The molecule has 2 heterocycles. The maximum Gasteiger partial charge on any atom is 0.450 e. The fourth-order valence-corrected chi connectivity index (χ4v) is 3.13. The lowest BCUT2D eigenvalue weighted by Crippen LogP contribution is -2.28. The first-order chi connectivity index (χ1) is 12.7. The first-order valence-corrected chi connectivity index (χ1v) is 9.37. The number of pyridine rings is 1. The second-order valence-corrected chi connectivity index (χ2v) is 8.07. The number of ether oxygens (including phenoxy) is 1. The summed E-state index contributed by atoms with van der Waals surface area (Å²) in [5.74, 6) is -4.26. The Morgan fingerprint density at radius 2 is 1.86 bits per heavy atom. The van der Waals surface area contributed by atoms with Gasteiger partial charge in [-0.05, 0) is 12.1 Å². The zero-order valence-corrected chi connectivity index (χ0v) is 15.4. The molecule has 0 radical (unpaired) electrons. The molecule has 154 valence electrons. The van der Waals surface area contributed by atoms with Crippen LogP contribution in [0.2, 0.25) is 0 Å². The quantitative estimate of drug-likeness (QED) is 0.564. The number of hydrogen-bond acceptors (Lipinski definition) is 5. The lowest BCUT2D eigenvalue weighted by molar-refractivity contribution is -0.572. The molecule has 0 aromatic carbocycles. The van der Waals surface area contributed by atoms with Crippen LogP contribution in [0.1, 0.15) is 19.4 Å². The summed E-state index contributed by atoms with van der Waals surface area (Å²) >= 11 is 0. The van der Waals surface area contributed by atoms with Crippen molar-refractivity contribution in [1.82, 2.24) is 10.1 Å². The van der Waals surface area contributed by atoms with Crippen molar-refractivity contribution < 1.29 is 39.6 Å². The van der Waals surface area contributed by atoms with Gasteiger partial charge >= 0.3 is 12.1 Å². The van der Waals surface area contributed by atoms with E-state index in [1.54, 1.807) is 0 Å². The molecule has 0 unspecified atom stereocenters. The molecular formula is C15H15F5N3O4S+. The minimum Gasteiger partial charge on any atom is -0.433 e. The Kier molecular flexibility index (Phi) is 5.78. The van der Waals surface area contributed by atoms with Gasteiger partial charge in [-0.1, -0.05) is 6.92 Å². The summed E-state index contributed by atoms with van der Waals surface area (Å²) in [5.41, 5.74) is -1.94. The van der Waals surface area contributed by atoms with Gasteiger partial charge in [-0.25, -0.2) is 17.2 Å². The van der Waals surface area contributed by atoms with Gasteiger partial charge in [0.2, 0.25) is 4.54 Å². The Balaban J connectivity index is 2.56. The van der Waals surface area contributed by atoms with Gasteiger partial charge in [0.15, 0.2) is 16.4 Å². The molecule has 0 saturated carbocycles. The van der Waals surface area contributed by atoms with Crippen molar-refractivity contribution in [3.63, 3.8) is 0 Å². The van der Waals surface area contributed by atoms with E-state index in [0.29, 0.717) is 19.2 Å². The maximum atomic E-state index is 12.9. The topological polar surface area (TPSA) is 95.0 Å². The number of sulfone groups is 1. The molecule has 0 aliphatic heterocycles. The van der Waals surface area contributed by atoms with Crippen molar-refractivity contribution >= 4 is 9.84 Å². The SMILES string of the molecule is CCS(=O)(=O)c1cc(C(F)(F)F)cnc1-c1ccc(OCC(C)(F)F)[n+](=O)[nH]1. The van der Waals surface area contributed by atoms with Crippen LogP contribution in [-0.2, 0) is 16.0 Å². The number of hydrogen-bond donors (Lipinski definition) is 1. The molecule has 2 aromatic heterocycles. The third-order valence-electron chi connectivity index (χ3n) is 3.44. The van der Waals surface area contributed by atoms with Gasteiger partial charge in [0.05, 0.1) is 27.2 Å². The molecule has 0 bridgehead atoms. The van der Waals surface area contributed by atoms with Crippen LogP contribution in [0.5, 0.6) is 5.88 Å². The number of nitrogens with zero attached hydrogens (tertiary/aromatic N) is 2. The molecule has 0 saturated heterocycles. The fraction of sp³-hybridized carbons (Fsp3) is 0.400. The third kappa shape index (κ3) is 5.03. The number of alkyl halides is 5. The highest BCUT2D eigenvalue weighted by Gasteiger charge is 2.34. The summed E-state index contributed by atoms with van der Waals surface area (Å²) in [5, 5.41) is 2.11. The average molecular weight is 428 g/mol. The van der Waals surface area contributed by atoms with Crippen LogP contribution in [0.3, 0.4) is 0 Å². The highest BCUT2D eigenvalue weighted by atomic mass is 32.2. The van der Waals surface area contributed by atoms with Crippen LogP contribution >= 0.6 is 0 Å². The van der Waals surface area contributed by atoms with Crippen molar-refractivity contribution in [3.05, 3.63) is 34.9 Å². The van der Waals surface area contributed by atoms with Crippen molar-refractivity contribution in [2.24, 2.45) is 0 Å². The van der Waals surface area contributed by atoms with E-state index >= 15 is 0 Å². The molecule has 0 amide bonds. The first kappa shape index (κ1) is 21.7. The van der Waals surface area contributed by atoms with Crippen molar-refractivity contribution in [1.29, 1.82) is 0 Å². The number of aromatic nitrogens is 3. The molecule has 0 atom stereocenters. The second kappa shape index (κ2) is 7.45. The summed E-state index contributed by atoms with van der Waals surface area (Å²) in [4.78, 5) is 14.7. The molecule has 1 N–H and O–H groups in total. The van der Waals surface area contributed by atoms with Gasteiger partial charge in [-0.3, -0.25) is 4.98 Å². The van der Waals surface area contributed by atoms with Gasteiger partial charge in [-0.15, -0.1) is 5.10 Å². The molecule has 0 aliphatic rings. The summed E-state index contributed by atoms with van der Waals surface area (Å²) < 4.78 is 93.4. The van der Waals surface area contributed by atoms with Gasteiger partial charge in [0.1, 0.15) is 11.4 Å². The van der Waals surface area contributed by atoms with Crippen LogP contribution in [0.25, 0.3) is 11.4 Å². The number of nitrogens with one attached hydrogen (secondary N) is 1. The third-order valence-corrected chi connectivity index (χ3v) is 5.18. The Labute approximate surface area is 155 Å². The largest absolute Gasteiger partial charge is 0.450 e. The molecular weight excluding hydrogens is 413 g/mol. The first-order valence-electron chi connectivity index (χ1n) is 7.71. The molecule has 0 spiro atoms. The van der Waals surface area contributed by atoms with E-state index in [2.05, 4.69) is 14.8 Å². The van der Waals surface area contributed by atoms with Gasteiger partial charge in [-0.2, -0.15) is 13.2 Å². The molecule has 28 heavy (non-hydrogen) atoms. The predicted octanol–water partition coefficient (Wildman–Crippen LogP) is 2.84. The number of halogens is 5. The average Bonchev–Trinajstić information content (AvgIpc) is 2.58. The second-order valence-electron chi connectivity index (χ2n) is 5.82. The van der Waals surface area contributed by atoms with E-state index in [0.717, 1.165) is 12.1 Å². The standard InChI is InChI=1S/C15H15F5N3O4S/c1-3-28(25,26)11-6-9(15(18,19)20)7-21-13(11)10-4-5-12(23(24)22-10)27-8-14(2,16)17/h4-7H,3,8H2,1-2H3,(H,22,24)/q+1. The Morgan fingerprint density at radius 3 is 2.36 bits per heavy atom. The molecule has 13 heteroatoms. The number of aromatic amines is 1. The summed E-state index contributed by atoms with van der Waals surface area (Å²) in [6.45, 7) is 0.726. The van der Waals surface area contributed by atoms with Crippen LogP contribution in [0.4, 0.5) is 22.0 Å². The predicted molar refractivity (Wildman–Crippen MR) is 86.2 cm³/mol. The number of rotatable bonds is 6. The maximum absolute atomic E-state index is 12.9. The van der Waals surface area contributed by atoms with Gasteiger partial charge in [0.25, 0.3) is 5.92 Å². The highest BCUT2D eigenvalue weighted by Crippen LogP contribution is 2.33. The Bertz CT molecular complexity index is 1030. The van der Waals surface area contributed by atoms with E-state index in [4.69, 9.17) is 0 Å². The van der Waals surface area contributed by atoms with Crippen LogP contribution in [-0.4, -0.2) is 36.8 Å². The summed E-state index contributed by atoms with van der Waals surface area (Å²) in [6.07, 6.45) is -4.40. The van der Waals surface area contributed by atoms with Crippen molar-refractivity contribution in [2.45, 2.75) is 30.8 Å². The van der Waals surface area contributed by atoms with Crippen LogP contribution < -0.4 is 9.28 Å². The van der Waals surface area contributed by atoms with Gasteiger partial charge in [0, 0.05) is 13.1 Å². The van der Waals surface area contributed by atoms with E-state index in [9.17, 15) is 35.3 Å². The van der Waals surface area contributed by atoms with Crippen LogP contribution in [0, 0.1) is 4.91 Å². The van der Waals surface area contributed by atoms with Crippen molar-refractivity contribution in [3.8, 4) is 17.3 Å². The fourth-order valence-electron chi connectivity index (χ4n) is 2.06. The normalized spacial score (nSPS) is 12.8. The molecule has 7 nitrogen and oxygen atoms in total. The highest BCUT2D eigenvalue weighted by molar-refractivity contribution is 7.91. The molecule has 2 rings (SSSR count).